The van der Waals surface area contributed by atoms with Crippen molar-refractivity contribution in [3.8, 4) is 0 Å². The van der Waals surface area contributed by atoms with Crippen molar-refractivity contribution in [1.82, 2.24) is 9.97 Å². The summed E-state index contributed by atoms with van der Waals surface area (Å²) in [4.78, 5) is 19.4. The molecule has 4 nitrogen and oxygen atoms in total. The standard InChI is InChI=1S/C14H13N3O/c1-8-6-9(2)16-12(8)7-10-13-11(17-14(10)18)4-3-5-15-13/h3-7,16H,1-2H3,(H,17,18). The molecule has 0 aromatic carbocycles. The fourth-order valence-corrected chi connectivity index (χ4v) is 2.20. The monoisotopic (exact) mass is 239 g/mol. The van der Waals surface area contributed by atoms with E-state index in [9.17, 15) is 4.79 Å². The van der Waals surface area contributed by atoms with E-state index >= 15 is 0 Å². The van der Waals surface area contributed by atoms with E-state index in [1.165, 1.54) is 0 Å². The summed E-state index contributed by atoms with van der Waals surface area (Å²) in [6, 6.07) is 5.72. The van der Waals surface area contributed by atoms with Gasteiger partial charge in [-0.25, -0.2) is 0 Å². The summed E-state index contributed by atoms with van der Waals surface area (Å²) in [7, 11) is 0. The van der Waals surface area contributed by atoms with E-state index in [1.807, 2.05) is 32.1 Å². The quantitative estimate of drug-likeness (QED) is 0.751. The van der Waals surface area contributed by atoms with Gasteiger partial charge in [0.25, 0.3) is 5.91 Å². The predicted octanol–water partition coefficient (Wildman–Crippen LogP) is 2.52. The Balaban J connectivity index is 2.12. The lowest BCUT2D eigenvalue weighted by Crippen LogP contribution is -2.03. The number of nitrogens with zero attached hydrogens (tertiary/aromatic N) is 1. The molecule has 18 heavy (non-hydrogen) atoms. The van der Waals surface area contributed by atoms with Crippen molar-refractivity contribution in [2.75, 3.05) is 5.32 Å². The average molecular weight is 239 g/mol. The number of amides is 1. The van der Waals surface area contributed by atoms with Crippen LogP contribution < -0.4 is 5.32 Å². The Labute approximate surface area is 105 Å². The first-order chi connectivity index (χ1) is 8.65. The topological polar surface area (TPSA) is 57.8 Å². The van der Waals surface area contributed by atoms with Crippen LogP contribution in [0.25, 0.3) is 11.6 Å². The second-order valence-corrected chi connectivity index (χ2v) is 4.46. The zero-order valence-electron chi connectivity index (χ0n) is 10.2. The molecule has 1 amide bonds. The van der Waals surface area contributed by atoms with Crippen LogP contribution in [-0.2, 0) is 4.79 Å². The second kappa shape index (κ2) is 3.84. The van der Waals surface area contributed by atoms with Gasteiger partial charge in [-0.3, -0.25) is 9.78 Å². The van der Waals surface area contributed by atoms with Crippen molar-refractivity contribution in [1.29, 1.82) is 0 Å². The largest absolute Gasteiger partial charge is 0.359 e. The number of aromatic amines is 1. The number of carbonyl (C=O) groups is 1. The molecule has 2 N–H and O–H groups in total. The molecule has 0 unspecified atom stereocenters. The van der Waals surface area contributed by atoms with Gasteiger partial charge in [-0.1, -0.05) is 0 Å². The predicted molar refractivity (Wildman–Crippen MR) is 71.0 cm³/mol. The number of hydrogen-bond acceptors (Lipinski definition) is 2. The summed E-state index contributed by atoms with van der Waals surface area (Å²) in [6.07, 6.45) is 3.55. The first-order valence-electron chi connectivity index (χ1n) is 5.80. The van der Waals surface area contributed by atoms with E-state index in [-0.39, 0.29) is 5.91 Å². The Bertz CT molecular complexity index is 667. The van der Waals surface area contributed by atoms with Crippen molar-refractivity contribution in [2.45, 2.75) is 13.8 Å². The molecular formula is C14H13N3O. The number of aryl methyl sites for hydroxylation is 2. The number of H-pyrrole nitrogens is 1. The average Bonchev–Trinajstić information content (AvgIpc) is 2.81. The van der Waals surface area contributed by atoms with E-state index in [1.54, 1.807) is 6.20 Å². The summed E-state index contributed by atoms with van der Waals surface area (Å²) < 4.78 is 0. The summed E-state index contributed by atoms with van der Waals surface area (Å²) in [5.74, 6) is -0.102. The smallest absolute Gasteiger partial charge is 0.258 e. The summed E-state index contributed by atoms with van der Waals surface area (Å²) >= 11 is 0. The van der Waals surface area contributed by atoms with Crippen molar-refractivity contribution in [3.63, 3.8) is 0 Å². The van der Waals surface area contributed by atoms with Gasteiger partial charge in [0.1, 0.15) is 0 Å². The van der Waals surface area contributed by atoms with Gasteiger partial charge in [-0.2, -0.15) is 0 Å². The highest BCUT2D eigenvalue weighted by atomic mass is 16.2. The maximum absolute atomic E-state index is 11.9. The van der Waals surface area contributed by atoms with Gasteiger partial charge in [-0.05, 0) is 43.7 Å². The molecule has 1 aliphatic heterocycles. The van der Waals surface area contributed by atoms with Crippen LogP contribution in [0.5, 0.6) is 0 Å². The number of nitrogens with one attached hydrogen (secondary N) is 2. The molecule has 0 spiro atoms. The van der Waals surface area contributed by atoms with Gasteiger partial charge >= 0.3 is 0 Å². The number of carbonyl (C=O) groups excluding carboxylic acids is 1. The van der Waals surface area contributed by atoms with Gasteiger partial charge < -0.3 is 10.3 Å². The summed E-state index contributed by atoms with van der Waals surface area (Å²) in [5.41, 5.74) is 5.26. The molecule has 90 valence electrons. The van der Waals surface area contributed by atoms with Gasteiger partial charge in [0.15, 0.2) is 0 Å². The van der Waals surface area contributed by atoms with Crippen molar-refractivity contribution >= 4 is 23.2 Å². The molecule has 0 fully saturated rings. The lowest BCUT2D eigenvalue weighted by molar-refractivity contribution is -0.110. The molecule has 0 radical (unpaired) electrons. The molecule has 3 rings (SSSR count). The Morgan fingerprint density at radius 3 is 2.89 bits per heavy atom. The molecule has 3 heterocycles. The van der Waals surface area contributed by atoms with E-state index in [0.717, 1.165) is 22.6 Å². The maximum Gasteiger partial charge on any atom is 0.258 e. The lowest BCUT2D eigenvalue weighted by atomic mass is 10.1. The molecule has 0 saturated heterocycles. The zero-order valence-corrected chi connectivity index (χ0v) is 10.2. The van der Waals surface area contributed by atoms with Crippen LogP contribution in [-0.4, -0.2) is 15.9 Å². The first kappa shape index (κ1) is 10.8. The van der Waals surface area contributed by atoms with Crippen molar-refractivity contribution < 1.29 is 4.79 Å². The summed E-state index contributed by atoms with van der Waals surface area (Å²) in [6.45, 7) is 4.01. The Morgan fingerprint density at radius 1 is 1.33 bits per heavy atom. The molecule has 4 heteroatoms. The van der Waals surface area contributed by atoms with Crippen LogP contribution >= 0.6 is 0 Å². The number of hydrogen-bond donors (Lipinski definition) is 2. The fourth-order valence-electron chi connectivity index (χ4n) is 2.20. The van der Waals surface area contributed by atoms with E-state index in [0.29, 0.717) is 11.3 Å². The third-order valence-corrected chi connectivity index (χ3v) is 3.03. The van der Waals surface area contributed by atoms with Crippen LogP contribution in [0.15, 0.2) is 24.4 Å². The number of aromatic nitrogens is 2. The number of anilines is 1. The maximum atomic E-state index is 11.9. The molecule has 0 atom stereocenters. The number of rotatable bonds is 1. The SMILES string of the molecule is Cc1cc(C)c(C=C2C(=O)Nc3cccnc32)[nH]1. The second-order valence-electron chi connectivity index (χ2n) is 4.46. The Kier molecular flexibility index (Phi) is 2.30. The third-order valence-electron chi connectivity index (χ3n) is 3.03. The molecule has 1 aliphatic rings. The van der Waals surface area contributed by atoms with Crippen LogP contribution in [0.3, 0.4) is 0 Å². The van der Waals surface area contributed by atoms with Crippen LogP contribution in [0.2, 0.25) is 0 Å². The molecule has 2 aromatic rings. The van der Waals surface area contributed by atoms with Crippen LogP contribution in [0, 0.1) is 13.8 Å². The van der Waals surface area contributed by atoms with E-state index < -0.39 is 0 Å². The van der Waals surface area contributed by atoms with E-state index in [2.05, 4.69) is 21.4 Å². The highest BCUT2D eigenvalue weighted by Crippen LogP contribution is 2.31. The Hall–Kier alpha value is -2.36. The van der Waals surface area contributed by atoms with E-state index in [4.69, 9.17) is 0 Å². The molecule has 0 saturated carbocycles. The normalized spacial score (nSPS) is 15.9. The fraction of sp³-hybridized carbons (Fsp3) is 0.143. The molecule has 2 aromatic heterocycles. The highest BCUT2D eigenvalue weighted by molar-refractivity contribution is 6.34. The third kappa shape index (κ3) is 1.62. The van der Waals surface area contributed by atoms with Gasteiger partial charge in [0.05, 0.1) is 17.0 Å². The molecular weight excluding hydrogens is 226 g/mol. The zero-order chi connectivity index (χ0) is 12.7. The van der Waals surface area contributed by atoms with Crippen molar-refractivity contribution in [2.24, 2.45) is 0 Å². The molecule has 0 bridgehead atoms. The molecule has 0 aliphatic carbocycles. The Morgan fingerprint density at radius 2 is 2.17 bits per heavy atom. The number of fused-ring (bicyclic) bond motifs is 1. The van der Waals surface area contributed by atoms with Crippen molar-refractivity contribution in [3.05, 3.63) is 47.0 Å². The van der Waals surface area contributed by atoms with Gasteiger partial charge in [-0.15, -0.1) is 0 Å². The minimum atomic E-state index is -0.102. The highest BCUT2D eigenvalue weighted by Gasteiger charge is 2.25. The summed E-state index contributed by atoms with van der Waals surface area (Å²) in [5, 5.41) is 2.81. The number of pyridine rings is 1. The van der Waals surface area contributed by atoms with Crippen LogP contribution in [0.4, 0.5) is 5.69 Å². The van der Waals surface area contributed by atoms with Gasteiger partial charge in [0, 0.05) is 17.6 Å². The minimum Gasteiger partial charge on any atom is -0.359 e. The van der Waals surface area contributed by atoms with Gasteiger partial charge in [0.2, 0.25) is 0 Å². The van der Waals surface area contributed by atoms with Crippen LogP contribution in [0.1, 0.15) is 22.6 Å². The first-order valence-corrected chi connectivity index (χ1v) is 5.80. The lowest BCUT2D eigenvalue weighted by Gasteiger charge is -1.96. The minimum absolute atomic E-state index is 0.102.